The van der Waals surface area contributed by atoms with Crippen molar-refractivity contribution in [2.45, 2.75) is 170 Å². The van der Waals surface area contributed by atoms with Crippen LogP contribution in [0.4, 0.5) is 0 Å². The first kappa shape index (κ1) is 46.8. The summed E-state index contributed by atoms with van der Waals surface area (Å²) in [5.41, 5.74) is -1.34. The van der Waals surface area contributed by atoms with Crippen LogP contribution in [-0.4, -0.2) is 85.6 Å². The van der Waals surface area contributed by atoms with Gasteiger partial charge in [0.1, 0.15) is 30.5 Å². The molecule has 0 spiro atoms. The first-order valence-electron chi connectivity index (χ1n) is 20.5. The Bertz CT molecular complexity index is 1620. The van der Waals surface area contributed by atoms with Gasteiger partial charge in [-0.25, -0.2) is 8.37 Å². The van der Waals surface area contributed by atoms with Gasteiger partial charge in [-0.2, -0.15) is 16.8 Å². The Morgan fingerprint density at radius 2 is 1.36 bits per heavy atom. The fourth-order valence-electron chi connectivity index (χ4n) is 12.1. The molecule has 0 aromatic carbocycles. The molecule has 0 saturated heterocycles. The van der Waals surface area contributed by atoms with Crippen LogP contribution in [0.1, 0.15) is 133 Å². The van der Waals surface area contributed by atoms with Crippen molar-refractivity contribution in [1.82, 2.24) is 0 Å². The minimum Gasteiger partial charge on any atom is -0.459 e. The Labute approximate surface area is 333 Å². The molecular weight excluding hydrogens is 773 g/mol. The van der Waals surface area contributed by atoms with Crippen LogP contribution in [0.25, 0.3) is 0 Å². The van der Waals surface area contributed by atoms with Gasteiger partial charge in [-0.15, -0.1) is 0 Å². The highest BCUT2D eigenvalue weighted by Gasteiger charge is 2.69. The molecule has 0 bridgehead atoms. The van der Waals surface area contributed by atoms with Crippen molar-refractivity contribution in [3.8, 4) is 0 Å². The number of hydrogen-bond donors (Lipinski definition) is 3. The lowest BCUT2D eigenvalue weighted by Gasteiger charge is -2.62. The zero-order valence-electron chi connectivity index (χ0n) is 34.4. The highest BCUT2D eigenvalue weighted by molar-refractivity contribution is 7.81. The summed E-state index contributed by atoms with van der Waals surface area (Å²) in [5.74, 6) is -3.52. The molecule has 4 aliphatic rings. The van der Waals surface area contributed by atoms with Gasteiger partial charge in [-0.1, -0.05) is 55.4 Å². The summed E-state index contributed by atoms with van der Waals surface area (Å²) >= 11 is 0. The van der Waals surface area contributed by atoms with Crippen molar-refractivity contribution in [3.63, 3.8) is 0 Å². The van der Waals surface area contributed by atoms with Crippen LogP contribution >= 0.6 is 0 Å². The zero-order chi connectivity index (χ0) is 42.1. The lowest BCUT2D eigenvalue weighted by Crippen LogP contribution is -2.59. The number of hydrogen-bond acceptors (Lipinski definition) is 13. The van der Waals surface area contributed by atoms with Crippen LogP contribution in [0.2, 0.25) is 0 Å². The molecule has 0 heterocycles. The molecule has 4 rings (SSSR count). The maximum absolute atomic E-state index is 13.4. The van der Waals surface area contributed by atoms with Crippen molar-refractivity contribution in [3.05, 3.63) is 0 Å². The number of esters is 3. The second-order valence-corrected chi connectivity index (χ2v) is 20.0. The molecule has 4 saturated carbocycles. The number of aliphatic hydroxyl groups is 1. The van der Waals surface area contributed by atoms with E-state index in [1.165, 1.54) is 6.92 Å². The molecule has 0 aliphatic heterocycles. The van der Waals surface area contributed by atoms with E-state index in [4.69, 9.17) is 22.6 Å². The van der Waals surface area contributed by atoms with E-state index in [2.05, 4.69) is 6.92 Å². The quantitative estimate of drug-likeness (QED) is 0.0882. The highest BCUT2D eigenvalue weighted by Crippen LogP contribution is 2.69. The SMILES string of the molecule is CCCC(=O)O[C@H]([C@@H](C)[C@H]1[C@@H](O)[C@H](OC(C)=O)[C@H]2[C@@H]3CC[C@@H]4C[C@H](OS(=O)(=O)O)[C@@H](OS(=O)(=O)O)C[C@]4(C)[C@H]3CC[C@@]21C)[C@H](OC(=O)CCC)[C@@H](CC)C(C)C. The Morgan fingerprint density at radius 1 is 0.804 bits per heavy atom. The van der Waals surface area contributed by atoms with Gasteiger partial charge >= 0.3 is 38.7 Å². The van der Waals surface area contributed by atoms with E-state index in [-0.39, 0.29) is 55.3 Å². The van der Waals surface area contributed by atoms with Crippen LogP contribution in [0, 0.1) is 58.2 Å². The topological polar surface area (TPSA) is 226 Å². The number of ether oxygens (including phenoxy) is 3. The lowest BCUT2D eigenvalue weighted by molar-refractivity contribution is -0.188. The summed E-state index contributed by atoms with van der Waals surface area (Å²) in [6.07, 6.45) is -2.21. The molecule has 17 heteroatoms. The third-order valence-corrected chi connectivity index (χ3v) is 15.1. The monoisotopic (exact) mass is 838 g/mol. The minimum absolute atomic E-state index is 0.0171. The molecule has 0 aromatic rings. The maximum Gasteiger partial charge on any atom is 0.397 e. The van der Waals surface area contributed by atoms with E-state index < -0.39 is 104 Å². The molecule has 0 amide bonds. The summed E-state index contributed by atoms with van der Waals surface area (Å²) in [5, 5.41) is 12.5. The highest BCUT2D eigenvalue weighted by atomic mass is 32.3. The van der Waals surface area contributed by atoms with Gasteiger partial charge in [0.05, 0.1) is 6.10 Å². The Morgan fingerprint density at radius 3 is 1.86 bits per heavy atom. The Balaban J connectivity index is 1.80. The van der Waals surface area contributed by atoms with E-state index in [9.17, 15) is 45.4 Å². The summed E-state index contributed by atoms with van der Waals surface area (Å²) in [4.78, 5) is 39.4. The van der Waals surface area contributed by atoms with Gasteiger partial charge in [0.2, 0.25) is 0 Å². The van der Waals surface area contributed by atoms with E-state index in [0.29, 0.717) is 44.9 Å². The second-order valence-electron chi connectivity index (χ2n) is 17.9. The van der Waals surface area contributed by atoms with Crippen molar-refractivity contribution in [2.24, 2.45) is 58.2 Å². The number of rotatable bonds is 17. The molecule has 15 nitrogen and oxygen atoms in total. The van der Waals surface area contributed by atoms with E-state index in [1.54, 1.807) is 0 Å². The van der Waals surface area contributed by atoms with Crippen molar-refractivity contribution in [1.29, 1.82) is 0 Å². The zero-order valence-corrected chi connectivity index (χ0v) is 36.1. The van der Waals surface area contributed by atoms with Gasteiger partial charge in [-0.05, 0) is 92.3 Å². The average Bonchev–Trinajstić information content (AvgIpc) is 3.27. The average molecular weight is 839 g/mol. The standard InChI is InChI=1S/C39H66O15S2/c1-10-13-30(41)51-35(36(25(12-3)21(4)5)52-31(42)14-11-2)22(6)32-34(43)37(50-23(7)40)33-26-16-15-24-19-28(53-55(44,45)46)29(54-56(47,48)49)20-39(24,9)27(26)17-18-38(32,33)8/h21-22,24-29,32-37,43H,10-20H2,1-9H3,(H,44,45,46)(H,47,48,49)/t22-,24+,25-,26+,27-,28-,29-,32-,33+,34+,35+,36+,37+,38+,39-/m0/s1. The Hall–Kier alpha value is -1.89. The van der Waals surface area contributed by atoms with Gasteiger partial charge in [-0.3, -0.25) is 23.5 Å². The molecule has 3 N–H and O–H groups in total. The van der Waals surface area contributed by atoms with Gasteiger partial charge < -0.3 is 19.3 Å². The normalized spacial score (nSPS) is 36.6. The number of carbonyl (C=O) groups excluding carboxylic acids is 3. The number of fused-ring (bicyclic) bond motifs is 5. The van der Waals surface area contributed by atoms with E-state index >= 15 is 0 Å². The largest absolute Gasteiger partial charge is 0.459 e. The third kappa shape index (κ3) is 10.1. The predicted molar refractivity (Wildman–Crippen MR) is 203 cm³/mol. The van der Waals surface area contributed by atoms with Gasteiger partial charge in [0.25, 0.3) is 0 Å². The molecule has 0 radical (unpaired) electrons. The summed E-state index contributed by atoms with van der Waals surface area (Å²) < 4.78 is 95.2. The van der Waals surface area contributed by atoms with Crippen molar-refractivity contribution >= 4 is 38.7 Å². The molecule has 15 atom stereocenters. The van der Waals surface area contributed by atoms with Gasteiger partial charge in [0.15, 0.2) is 0 Å². The predicted octanol–water partition coefficient (Wildman–Crippen LogP) is 5.89. The first-order chi connectivity index (χ1) is 25.9. The molecule has 4 fully saturated rings. The number of carbonyl (C=O) groups is 3. The maximum atomic E-state index is 13.4. The molecule has 0 unspecified atom stereocenters. The molecule has 56 heavy (non-hydrogen) atoms. The summed E-state index contributed by atoms with van der Waals surface area (Å²) in [6, 6.07) is 0. The van der Waals surface area contributed by atoms with Crippen LogP contribution in [0.5, 0.6) is 0 Å². The van der Waals surface area contributed by atoms with Crippen molar-refractivity contribution in [2.75, 3.05) is 0 Å². The fourth-order valence-corrected chi connectivity index (χ4v) is 13.1. The van der Waals surface area contributed by atoms with Crippen LogP contribution in [-0.2, 0) is 57.8 Å². The molecule has 0 aromatic heterocycles. The Kier molecular flexibility index (Phi) is 15.2. The number of aliphatic hydroxyl groups excluding tert-OH is 1. The smallest absolute Gasteiger partial charge is 0.397 e. The molecule has 324 valence electrons. The van der Waals surface area contributed by atoms with Gasteiger partial charge in [0, 0.05) is 43.4 Å². The first-order valence-corrected chi connectivity index (χ1v) is 23.2. The van der Waals surface area contributed by atoms with Crippen LogP contribution in [0.15, 0.2) is 0 Å². The molecule has 4 aliphatic carbocycles. The van der Waals surface area contributed by atoms with E-state index in [1.807, 2.05) is 48.5 Å². The van der Waals surface area contributed by atoms with Crippen LogP contribution < -0.4 is 0 Å². The second kappa shape index (κ2) is 18.2. The van der Waals surface area contributed by atoms with Crippen molar-refractivity contribution < 1.29 is 68.0 Å². The van der Waals surface area contributed by atoms with E-state index in [0.717, 1.165) is 0 Å². The minimum atomic E-state index is -5.04. The fraction of sp³-hybridized carbons (Fsp3) is 0.923. The summed E-state index contributed by atoms with van der Waals surface area (Å²) in [7, 11) is -10.0. The summed E-state index contributed by atoms with van der Waals surface area (Å²) in [6.45, 7) is 17.1. The third-order valence-electron chi connectivity index (χ3n) is 14.1. The lowest BCUT2D eigenvalue weighted by atomic mass is 9.44. The van der Waals surface area contributed by atoms with Crippen LogP contribution in [0.3, 0.4) is 0 Å². The molecular formula is C39H66O15S2.